The second kappa shape index (κ2) is 10.3. The van der Waals surface area contributed by atoms with Crippen LogP contribution in [0.15, 0.2) is 71.9 Å². The quantitative estimate of drug-likeness (QED) is 0.415. The normalized spacial score (nSPS) is 23.6. The summed E-state index contributed by atoms with van der Waals surface area (Å²) >= 11 is 0. The standard InChI is InChI=1S/C28H35FN2/c1-21(2)9-8-10-22-15-17-23(18-16-22)19-31-20-26(25-13-6-7-14-27(25)29)28(30-31)24-11-4-3-5-12-24/h3-7,11-14,22-23,26H,1,8-10,15-20H2,2H3. The highest BCUT2D eigenvalue weighted by molar-refractivity contribution is 6.06. The molecule has 2 aliphatic rings. The molecule has 1 fully saturated rings. The molecule has 1 saturated carbocycles. The summed E-state index contributed by atoms with van der Waals surface area (Å²) in [7, 11) is 0. The van der Waals surface area contributed by atoms with Gasteiger partial charge in [0, 0.05) is 13.1 Å². The van der Waals surface area contributed by atoms with Crippen LogP contribution in [0.5, 0.6) is 0 Å². The first-order valence-corrected chi connectivity index (χ1v) is 11.9. The molecule has 0 aromatic heterocycles. The fraction of sp³-hybridized carbons (Fsp3) is 0.464. The average molecular weight is 419 g/mol. The van der Waals surface area contributed by atoms with Crippen LogP contribution in [0.4, 0.5) is 4.39 Å². The summed E-state index contributed by atoms with van der Waals surface area (Å²) < 4.78 is 14.6. The van der Waals surface area contributed by atoms with Crippen molar-refractivity contribution in [2.24, 2.45) is 16.9 Å². The lowest BCUT2D eigenvalue weighted by molar-refractivity contribution is 0.188. The molecule has 31 heavy (non-hydrogen) atoms. The maximum atomic E-state index is 14.6. The van der Waals surface area contributed by atoms with E-state index in [0.717, 1.165) is 35.8 Å². The van der Waals surface area contributed by atoms with Crippen LogP contribution in [0.1, 0.15) is 68.9 Å². The van der Waals surface area contributed by atoms with Gasteiger partial charge >= 0.3 is 0 Å². The van der Waals surface area contributed by atoms with Crippen molar-refractivity contribution in [3.63, 3.8) is 0 Å². The number of nitrogens with zero attached hydrogens (tertiary/aromatic N) is 2. The molecule has 0 N–H and O–H groups in total. The first-order valence-electron chi connectivity index (χ1n) is 11.9. The van der Waals surface area contributed by atoms with Crippen LogP contribution in [-0.2, 0) is 0 Å². The van der Waals surface area contributed by atoms with E-state index in [4.69, 9.17) is 5.10 Å². The first kappa shape index (κ1) is 21.8. The molecule has 4 rings (SSSR count). The van der Waals surface area contributed by atoms with Crippen LogP contribution in [0.25, 0.3) is 0 Å². The van der Waals surface area contributed by atoms with Gasteiger partial charge in [0.15, 0.2) is 0 Å². The molecule has 0 saturated heterocycles. The summed E-state index contributed by atoms with van der Waals surface area (Å²) in [5.41, 5.74) is 4.16. The molecule has 1 atom stereocenters. The Hall–Kier alpha value is -2.42. The zero-order valence-corrected chi connectivity index (χ0v) is 18.8. The minimum atomic E-state index is -0.131. The van der Waals surface area contributed by atoms with Crippen molar-refractivity contribution in [2.75, 3.05) is 13.1 Å². The predicted molar refractivity (Wildman–Crippen MR) is 128 cm³/mol. The molecule has 1 aliphatic heterocycles. The van der Waals surface area contributed by atoms with Crippen LogP contribution in [0, 0.1) is 17.7 Å². The minimum absolute atomic E-state index is 0.0120. The molecule has 0 amide bonds. The molecule has 1 heterocycles. The Balaban J connectivity index is 1.40. The number of benzene rings is 2. The fourth-order valence-electron chi connectivity index (χ4n) is 5.24. The van der Waals surface area contributed by atoms with E-state index in [1.54, 1.807) is 12.1 Å². The molecular weight excluding hydrogens is 383 g/mol. The molecule has 1 unspecified atom stereocenters. The highest BCUT2D eigenvalue weighted by Gasteiger charge is 2.32. The molecule has 164 valence electrons. The van der Waals surface area contributed by atoms with Crippen molar-refractivity contribution in [1.29, 1.82) is 0 Å². The molecule has 2 aromatic rings. The average Bonchev–Trinajstić information content (AvgIpc) is 3.19. The third-order valence-electron chi connectivity index (χ3n) is 6.97. The van der Waals surface area contributed by atoms with Crippen molar-refractivity contribution in [3.05, 3.63) is 83.7 Å². The lowest BCUT2D eigenvalue weighted by atomic mass is 9.79. The molecule has 3 heteroatoms. The number of hydrazone groups is 1. The Morgan fingerprint density at radius 3 is 2.39 bits per heavy atom. The van der Waals surface area contributed by atoms with Crippen LogP contribution < -0.4 is 0 Å². The molecule has 0 bridgehead atoms. The van der Waals surface area contributed by atoms with Gasteiger partial charge in [0.25, 0.3) is 0 Å². The zero-order valence-electron chi connectivity index (χ0n) is 18.8. The molecule has 2 aromatic carbocycles. The maximum absolute atomic E-state index is 14.6. The van der Waals surface area contributed by atoms with E-state index in [2.05, 4.69) is 30.6 Å². The second-order valence-electron chi connectivity index (χ2n) is 9.53. The summed E-state index contributed by atoms with van der Waals surface area (Å²) in [6.45, 7) is 7.91. The van der Waals surface area contributed by atoms with Gasteiger partial charge in [-0.2, -0.15) is 5.10 Å². The van der Waals surface area contributed by atoms with Crippen LogP contribution in [0.3, 0.4) is 0 Å². The number of hydrogen-bond donors (Lipinski definition) is 0. The van der Waals surface area contributed by atoms with Crippen molar-refractivity contribution >= 4 is 5.71 Å². The number of halogens is 1. The summed E-state index contributed by atoms with van der Waals surface area (Å²) in [5, 5.41) is 7.23. The van der Waals surface area contributed by atoms with E-state index < -0.39 is 0 Å². The van der Waals surface area contributed by atoms with Gasteiger partial charge in [-0.05, 0) is 61.6 Å². The Labute approximate surface area is 186 Å². The maximum Gasteiger partial charge on any atom is 0.127 e. The molecular formula is C28H35FN2. The van der Waals surface area contributed by atoms with E-state index in [1.165, 1.54) is 50.5 Å². The van der Waals surface area contributed by atoms with Gasteiger partial charge in [-0.3, -0.25) is 5.01 Å². The topological polar surface area (TPSA) is 15.6 Å². The van der Waals surface area contributed by atoms with E-state index >= 15 is 0 Å². The largest absolute Gasteiger partial charge is 0.295 e. The molecule has 2 nitrogen and oxygen atoms in total. The van der Waals surface area contributed by atoms with E-state index in [1.807, 2.05) is 30.3 Å². The SMILES string of the molecule is C=C(C)CCCC1CCC(CN2CC(c3ccccc3F)C(c3ccccc3)=N2)CC1. The summed E-state index contributed by atoms with van der Waals surface area (Å²) in [4.78, 5) is 0. The van der Waals surface area contributed by atoms with Crippen LogP contribution >= 0.6 is 0 Å². The summed E-state index contributed by atoms with van der Waals surface area (Å²) in [6, 6.07) is 17.4. The summed E-state index contributed by atoms with van der Waals surface area (Å²) in [5.74, 6) is 1.43. The van der Waals surface area contributed by atoms with Crippen molar-refractivity contribution in [1.82, 2.24) is 5.01 Å². The number of rotatable bonds is 8. The van der Waals surface area contributed by atoms with Gasteiger partial charge in [-0.1, -0.05) is 73.4 Å². The van der Waals surface area contributed by atoms with Gasteiger partial charge in [0.1, 0.15) is 5.82 Å². The molecule has 0 radical (unpaired) electrons. The van der Waals surface area contributed by atoms with Crippen LogP contribution in [0.2, 0.25) is 0 Å². The van der Waals surface area contributed by atoms with Crippen LogP contribution in [-0.4, -0.2) is 23.8 Å². The van der Waals surface area contributed by atoms with E-state index in [0.29, 0.717) is 5.92 Å². The van der Waals surface area contributed by atoms with Gasteiger partial charge < -0.3 is 0 Å². The first-order chi connectivity index (χ1) is 15.1. The van der Waals surface area contributed by atoms with Gasteiger partial charge in [-0.25, -0.2) is 4.39 Å². The minimum Gasteiger partial charge on any atom is -0.295 e. The van der Waals surface area contributed by atoms with Crippen molar-refractivity contribution in [2.45, 2.75) is 57.8 Å². The zero-order chi connectivity index (χ0) is 21.6. The van der Waals surface area contributed by atoms with Crippen molar-refractivity contribution in [3.8, 4) is 0 Å². The number of allylic oxidation sites excluding steroid dienone is 1. The summed E-state index contributed by atoms with van der Waals surface area (Å²) in [6.07, 6.45) is 9.04. The third-order valence-corrected chi connectivity index (χ3v) is 6.97. The predicted octanol–water partition coefficient (Wildman–Crippen LogP) is 7.18. The van der Waals surface area contributed by atoms with Gasteiger partial charge in [0.2, 0.25) is 0 Å². The molecule has 1 aliphatic carbocycles. The van der Waals surface area contributed by atoms with E-state index in [9.17, 15) is 4.39 Å². The van der Waals surface area contributed by atoms with Gasteiger partial charge in [0.05, 0.1) is 11.6 Å². The Bertz CT molecular complexity index is 896. The fourth-order valence-corrected chi connectivity index (χ4v) is 5.24. The lowest BCUT2D eigenvalue weighted by Gasteiger charge is -2.31. The smallest absolute Gasteiger partial charge is 0.127 e. The monoisotopic (exact) mass is 418 g/mol. The number of hydrogen-bond acceptors (Lipinski definition) is 2. The second-order valence-corrected chi connectivity index (χ2v) is 9.53. The van der Waals surface area contributed by atoms with Crippen molar-refractivity contribution < 1.29 is 4.39 Å². The van der Waals surface area contributed by atoms with Gasteiger partial charge in [-0.15, -0.1) is 6.58 Å². The Morgan fingerprint density at radius 1 is 1.00 bits per heavy atom. The lowest BCUT2D eigenvalue weighted by Crippen LogP contribution is -2.28. The Morgan fingerprint density at radius 2 is 1.68 bits per heavy atom. The third kappa shape index (κ3) is 5.64. The molecule has 0 spiro atoms. The Kier molecular flexibility index (Phi) is 7.21. The van der Waals surface area contributed by atoms with E-state index in [-0.39, 0.29) is 11.7 Å². The highest BCUT2D eigenvalue weighted by atomic mass is 19.1. The highest BCUT2D eigenvalue weighted by Crippen LogP contribution is 2.35.